The second-order valence-electron chi connectivity index (χ2n) is 8.41. The quantitative estimate of drug-likeness (QED) is 0.128. The van der Waals surface area contributed by atoms with Crippen LogP contribution >= 0.6 is 0 Å². The fraction of sp³-hybridized carbons (Fsp3) is 0.154. The van der Waals surface area contributed by atoms with Crippen molar-refractivity contribution in [2.45, 2.75) is 24.7 Å². The molecule has 0 atom stereocenters. The summed E-state index contributed by atoms with van der Waals surface area (Å²) in [5.74, 6) is -14.3. The SMILES string of the molecule is C=C(C(=O)Oc1cc2cc(OC(=O)C(=C)C(F)(F)F)c(OC(=O)C(=C)C(F)(F)F)cc2cc1OC(=O)C(=C)C(F)(F)F)C(F)(F)F. The van der Waals surface area contributed by atoms with Crippen molar-refractivity contribution in [3.8, 4) is 23.0 Å². The van der Waals surface area contributed by atoms with Crippen molar-refractivity contribution >= 4 is 34.6 Å². The number of hydrogen-bond donors (Lipinski definition) is 0. The van der Waals surface area contributed by atoms with E-state index in [2.05, 4.69) is 45.3 Å². The van der Waals surface area contributed by atoms with Gasteiger partial charge in [0.2, 0.25) is 0 Å². The number of benzene rings is 2. The molecule has 0 saturated carbocycles. The average Bonchev–Trinajstić information content (AvgIpc) is 2.89. The van der Waals surface area contributed by atoms with E-state index in [1.807, 2.05) is 0 Å². The van der Waals surface area contributed by atoms with Gasteiger partial charge in [-0.3, -0.25) is 0 Å². The molecule has 8 nitrogen and oxygen atoms in total. The first-order chi connectivity index (χ1) is 20.6. The summed E-state index contributed by atoms with van der Waals surface area (Å²) in [6, 6.07) is 1.63. The summed E-state index contributed by atoms with van der Waals surface area (Å²) in [6.07, 6.45) is -21.7. The molecule has 0 saturated heterocycles. The van der Waals surface area contributed by atoms with Crippen LogP contribution in [0.15, 0.2) is 72.9 Å². The molecular weight excluding hydrogens is 668 g/mol. The molecule has 248 valence electrons. The Morgan fingerprint density at radius 2 is 0.543 bits per heavy atom. The Hall–Kier alpha value is -5.30. The van der Waals surface area contributed by atoms with Gasteiger partial charge in [0, 0.05) is 0 Å². The fourth-order valence-corrected chi connectivity index (χ4v) is 2.69. The first-order valence-electron chi connectivity index (χ1n) is 11.2. The number of carbonyl (C=O) groups is 4. The number of carbonyl (C=O) groups excluding carboxylic acids is 4. The largest absolute Gasteiger partial charge is 0.422 e. The first kappa shape index (κ1) is 36.9. The number of hydrogen-bond acceptors (Lipinski definition) is 8. The van der Waals surface area contributed by atoms with Gasteiger partial charge >= 0.3 is 48.6 Å². The summed E-state index contributed by atoms with van der Waals surface area (Å²) in [7, 11) is 0. The molecule has 0 N–H and O–H groups in total. The molecule has 0 radical (unpaired) electrons. The minimum absolute atomic E-state index is 0.409. The lowest BCUT2D eigenvalue weighted by molar-refractivity contribution is -0.145. The molecule has 2 rings (SSSR count). The van der Waals surface area contributed by atoms with Gasteiger partial charge in [0.1, 0.15) is 22.3 Å². The molecule has 46 heavy (non-hydrogen) atoms. The smallest absolute Gasteiger partial charge is 0.419 e. The van der Waals surface area contributed by atoms with Crippen LogP contribution in [0.25, 0.3) is 10.8 Å². The molecule has 0 fully saturated rings. The second-order valence-corrected chi connectivity index (χ2v) is 8.41. The highest BCUT2D eigenvalue weighted by atomic mass is 19.4. The van der Waals surface area contributed by atoms with Gasteiger partial charge < -0.3 is 18.9 Å². The van der Waals surface area contributed by atoms with E-state index < -0.39 is 105 Å². The molecule has 0 aliphatic carbocycles. The van der Waals surface area contributed by atoms with E-state index in [0.717, 1.165) is 0 Å². The van der Waals surface area contributed by atoms with Crippen molar-refractivity contribution in [2.24, 2.45) is 0 Å². The molecule has 0 aliphatic heterocycles. The van der Waals surface area contributed by atoms with Crippen LogP contribution in [0.4, 0.5) is 52.7 Å². The molecule has 0 aromatic heterocycles. The highest BCUT2D eigenvalue weighted by Crippen LogP contribution is 2.41. The lowest BCUT2D eigenvalue weighted by atomic mass is 10.1. The van der Waals surface area contributed by atoms with Crippen LogP contribution in [0, 0.1) is 0 Å². The topological polar surface area (TPSA) is 105 Å². The number of halogens is 12. The zero-order chi connectivity index (χ0) is 35.7. The van der Waals surface area contributed by atoms with Crippen LogP contribution < -0.4 is 18.9 Å². The molecule has 2 aromatic carbocycles. The zero-order valence-electron chi connectivity index (χ0n) is 21.9. The van der Waals surface area contributed by atoms with Crippen LogP contribution in [-0.4, -0.2) is 48.6 Å². The standard InChI is InChI=1S/C26H12F12O8/c1-9(23(27,28)29)19(39)43-15-5-13-7-17(45-21(41)11(3)25(33,34)35)18(46-22(42)12(4)26(36,37)38)8-14(13)6-16(15)44-20(40)10(2)24(30,31)32/h5-8H,1-4H2. The Morgan fingerprint density at radius 1 is 0.391 bits per heavy atom. The third-order valence-corrected chi connectivity index (χ3v) is 5.13. The predicted octanol–water partition coefficient (Wildman–Crippen LogP) is 6.94. The molecule has 0 heterocycles. The Balaban J connectivity index is 2.82. The third-order valence-electron chi connectivity index (χ3n) is 5.13. The van der Waals surface area contributed by atoms with Gasteiger partial charge in [-0.25, -0.2) is 19.2 Å². The third kappa shape index (κ3) is 8.88. The van der Waals surface area contributed by atoms with Crippen molar-refractivity contribution in [3.05, 3.63) is 72.9 Å². The molecule has 2 aromatic rings. The molecule has 0 aliphatic rings. The molecule has 0 amide bonds. The molecular formula is C26H12F12O8. The molecule has 0 spiro atoms. The maximum Gasteiger partial charge on any atom is 0.422 e. The van der Waals surface area contributed by atoms with E-state index in [1.54, 1.807) is 0 Å². The van der Waals surface area contributed by atoms with E-state index in [1.165, 1.54) is 0 Å². The Kier molecular flexibility index (Phi) is 10.1. The van der Waals surface area contributed by atoms with Crippen molar-refractivity contribution in [1.82, 2.24) is 0 Å². The van der Waals surface area contributed by atoms with Gasteiger partial charge in [-0.05, 0) is 35.0 Å². The van der Waals surface area contributed by atoms with Crippen LogP contribution in [-0.2, 0) is 19.2 Å². The normalized spacial score (nSPS) is 12.2. The van der Waals surface area contributed by atoms with Gasteiger partial charge in [-0.2, -0.15) is 52.7 Å². The van der Waals surface area contributed by atoms with E-state index in [-0.39, 0.29) is 0 Å². The first-order valence-corrected chi connectivity index (χ1v) is 11.2. The van der Waals surface area contributed by atoms with E-state index in [4.69, 9.17) is 0 Å². The number of esters is 4. The average molecular weight is 680 g/mol. The summed E-state index contributed by atoms with van der Waals surface area (Å²) < 4.78 is 173. The summed E-state index contributed by atoms with van der Waals surface area (Å²) in [5, 5.41) is -1.19. The number of alkyl halides is 12. The van der Waals surface area contributed by atoms with Gasteiger partial charge in [0.15, 0.2) is 23.0 Å². The summed E-state index contributed by atoms with van der Waals surface area (Å²) >= 11 is 0. The van der Waals surface area contributed by atoms with Crippen LogP contribution in [0.3, 0.4) is 0 Å². The molecule has 0 bridgehead atoms. The van der Waals surface area contributed by atoms with E-state index >= 15 is 0 Å². The van der Waals surface area contributed by atoms with Gasteiger partial charge in [0.05, 0.1) is 0 Å². The van der Waals surface area contributed by atoms with Gasteiger partial charge in [-0.1, -0.05) is 26.3 Å². The lowest BCUT2D eigenvalue weighted by Crippen LogP contribution is -2.25. The highest BCUT2D eigenvalue weighted by molar-refractivity contribution is 5.98. The maximum absolute atomic E-state index is 12.9. The van der Waals surface area contributed by atoms with Gasteiger partial charge in [0.25, 0.3) is 0 Å². The number of fused-ring (bicyclic) bond motifs is 1. The Morgan fingerprint density at radius 3 is 0.674 bits per heavy atom. The zero-order valence-corrected chi connectivity index (χ0v) is 21.9. The maximum atomic E-state index is 12.9. The number of ether oxygens (including phenoxy) is 4. The van der Waals surface area contributed by atoms with Crippen molar-refractivity contribution in [3.63, 3.8) is 0 Å². The van der Waals surface area contributed by atoms with Crippen LogP contribution in [0.5, 0.6) is 23.0 Å². The molecule has 20 heteroatoms. The molecule has 0 unspecified atom stereocenters. The Labute approximate surface area is 246 Å². The van der Waals surface area contributed by atoms with Crippen molar-refractivity contribution in [2.75, 3.05) is 0 Å². The fourth-order valence-electron chi connectivity index (χ4n) is 2.69. The highest BCUT2D eigenvalue weighted by Gasteiger charge is 2.42. The van der Waals surface area contributed by atoms with Crippen molar-refractivity contribution < 1.29 is 90.8 Å². The second kappa shape index (κ2) is 12.6. The van der Waals surface area contributed by atoms with Crippen LogP contribution in [0.1, 0.15) is 0 Å². The van der Waals surface area contributed by atoms with Crippen molar-refractivity contribution in [1.29, 1.82) is 0 Å². The monoisotopic (exact) mass is 680 g/mol. The van der Waals surface area contributed by atoms with Gasteiger partial charge in [-0.15, -0.1) is 0 Å². The van der Waals surface area contributed by atoms with E-state index in [0.29, 0.717) is 24.3 Å². The summed E-state index contributed by atoms with van der Waals surface area (Å²) in [5.41, 5.74) is -8.73. The predicted molar refractivity (Wildman–Crippen MR) is 127 cm³/mol. The van der Waals surface area contributed by atoms with E-state index in [9.17, 15) is 71.9 Å². The lowest BCUT2D eigenvalue weighted by Gasteiger charge is -2.17. The summed E-state index contributed by atoms with van der Waals surface area (Å²) in [6.45, 7) is 9.70. The Bertz CT molecular complexity index is 1430. The number of rotatable bonds is 8. The minimum atomic E-state index is -5.42. The minimum Gasteiger partial charge on any atom is -0.419 e. The summed E-state index contributed by atoms with van der Waals surface area (Å²) in [4.78, 5) is 48.0. The van der Waals surface area contributed by atoms with Crippen LogP contribution in [0.2, 0.25) is 0 Å².